The van der Waals surface area contributed by atoms with Crippen molar-refractivity contribution >= 4 is 29.5 Å². The zero-order valence-corrected chi connectivity index (χ0v) is 17.3. The summed E-state index contributed by atoms with van der Waals surface area (Å²) in [5.74, 6) is -2.11. The summed E-state index contributed by atoms with van der Waals surface area (Å²) in [6, 6.07) is 3.97. The van der Waals surface area contributed by atoms with Gasteiger partial charge in [0.05, 0.1) is 35.0 Å². The van der Waals surface area contributed by atoms with Gasteiger partial charge in [-0.25, -0.2) is 0 Å². The zero-order chi connectivity index (χ0) is 21.0. The van der Waals surface area contributed by atoms with E-state index in [4.69, 9.17) is 0 Å². The lowest BCUT2D eigenvalue weighted by Crippen LogP contribution is -2.47. The Kier molecular flexibility index (Phi) is 7.05. The Morgan fingerprint density at radius 3 is 2.41 bits per heavy atom. The molecule has 0 saturated heterocycles. The number of allylic oxidation sites excluding steroid dienone is 1. The van der Waals surface area contributed by atoms with Gasteiger partial charge in [0, 0.05) is 18.0 Å². The van der Waals surface area contributed by atoms with Crippen LogP contribution in [0, 0.1) is 34.0 Å². The van der Waals surface area contributed by atoms with E-state index in [-0.39, 0.29) is 34.7 Å². The third kappa shape index (κ3) is 5.73. The number of nitrogens with one attached hydrogen (secondary N) is 2. The van der Waals surface area contributed by atoms with E-state index < -0.39 is 22.8 Å². The Balaban J connectivity index is 2.81. The van der Waals surface area contributed by atoms with Crippen LogP contribution in [0.15, 0.2) is 10.6 Å². The van der Waals surface area contributed by atoms with E-state index in [1.54, 1.807) is 13.8 Å². The molecule has 1 aliphatic rings. The largest absolute Gasteiger partial charge is 0.350 e. The maximum atomic E-state index is 12.3. The van der Waals surface area contributed by atoms with E-state index in [9.17, 15) is 24.9 Å². The normalized spacial score (nSPS) is 18.8. The predicted octanol–water partition coefficient (Wildman–Crippen LogP) is 1.12. The molecule has 1 heterocycles. The van der Waals surface area contributed by atoms with Gasteiger partial charge in [-0.05, 0) is 20.8 Å². The van der Waals surface area contributed by atoms with Gasteiger partial charge in [0.2, 0.25) is 17.7 Å². The van der Waals surface area contributed by atoms with Gasteiger partial charge in [-0.2, -0.15) is 10.5 Å². The predicted molar refractivity (Wildman–Crippen MR) is 102 cm³/mol. The first-order chi connectivity index (χ1) is 12.3. The lowest BCUT2D eigenvalue weighted by molar-refractivity contribution is -0.133. The Morgan fingerprint density at radius 2 is 1.93 bits per heavy atom. The van der Waals surface area contributed by atoms with Crippen LogP contribution < -0.4 is 10.6 Å². The number of carbonyl (C=O) groups is 3. The molecule has 0 radical (unpaired) electrons. The van der Waals surface area contributed by atoms with Gasteiger partial charge >= 0.3 is 0 Å². The van der Waals surface area contributed by atoms with Gasteiger partial charge in [0.1, 0.15) is 5.92 Å². The molecule has 0 bridgehead atoms. The van der Waals surface area contributed by atoms with E-state index in [1.165, 1.54) is 11.9 Å². The monoisotopic (exact) mass is 391 g/mol. The highest BCUT2D eigenvalue weighted by Gasteiger charge is 2.44. The number of nitriles is 2. The maximum absolute atomic E-state index is 12.3. The second kappa shape index (κ2) is 8.45. The van der Waals surface area contributed by atoms with E-state index >= 15 is 0 Å². The molecule has 0 aliphatic carbocycles. The molecule has 0 aromatic heterocycles. The molecule has 1 aliphatic heterocycles. The molecule has 3 amide bonds. The number of hydrogen-bond acceptors (Lipinski definition) is 6. The van der Waals surface area contributed by atoms with Crippen LogP contribution in [-0.4, -0.2) is 47.5 Å². The lowest BCUT2D eigenvalue weighted by Gasteiger charge is -2.34. The van der Waals surface area contributed by atoms with Crippen LogP contribution in [0.3, 0.4) is 0 Å². The van der Waals surface area contributed by atoms with Crippen molar-refractivity contribution in [3.05, 3.63) is 10.6 Å². The fraction of sp³-hybridized carbons (Fsp3) is 0.611. The number of nitrogens with zero attached hydrogens (tertiary/aromatic N) is 3. The van der Waals surface area contributed by atoms with Crippen LogP contribution in [0.1, 0.15) is 34.6 Å². The number of rotatable bonds is 5. The van der Waals surface area contributed by atoms with Gasteiger partial charge in [-0.15, -0.1) is 0 Å². The second-order valence-corrected chi connectivity index (χ2v) is 8.91. The number of carbonyl (C=O) groups excluding carboxylic acids is 3. The molecule has 146 valence electrons. The van der Waals surface area contributed by atoms with Crippen LogP contribution >= 0.6 is 11.8 Å². The molecule has 0 aromatic rings. The molecule has 0 spiro atoms. The highest BCUT2D eigenvalue weighted by molar-refractivity contribution is 8.03. The zero-order valence-electron chi connectivity index (χ0n) is 16.5. The summed E-state index contributed by atoms with van der Waals surface area (Å²) in [7, 11) is 1.51. The molecular formula is C18H25N5O3S. The summed E-state index contributed by atoms with van der Waals surface area (Å²) in [5, 5.41) is 24.3. The van der Waals surface area contributed by atoms with Crippen LogP contribution in [0.4, 0.5) is 0 Å². The second-order valence-electron chi connectivity index (χ2n) is 7.93. The maximum Gasteiger partial charge on any atom is 0.243 e. The van der Waals surface area contributed by atoms with Gasteiger partial charge < -0.3 is 15.5 Å². The van der Waals surface area contributed by atoms with Gasteiger partial charge in [-0.3, -0.25) is 14.4 Å². The fourth-order valence-corrected chi connectivity index (χ4v) is 3.65. The van der Waals surface area contributed by atoms with Crippen molar-refractivity contribution in [3.8, 4) is 12.1 Å². The van der Waals surface area contributed by atoms with E-state index in [2.05, 4.69) is 10.6 Å². The van der Waals surface area contributed by atoms with Crippen molar-refractivity contribution < 1.29 is 14.4 Å². The van der Waals surface area contributed by atoms with Crippen LogP contribution in [0.25, 0.3) is 0 Å². The standard InChI is InChI=1S/C18H25N5O3S/c1-17(2,3)22-13(24)9-23(6)14(25)10-27-16-12(8-20)18(4,5)11(7-19)15(26)21-16/h11H,9-10H2,1-6H3,(H,21,26)(H,22,24)/t11-/m1/s1. The number of amides is 3. The van der Waals surface area contributed by atoms with E-state index in [0.29, 0.717) is 0 Å². The van der Waals surface area contributed by atoms with Crippen LogP contribution in [-0.2, 0) is 14.4 Å². The molecule has 2 N–H and O–H groups in total. The summed E-state index contributed by atoms with van der Waals surface area (Å²) in [4.78, 5) is 37.6. The van der Waals surface area contributed by atoms with Crippen molar-refractivity contribution in [2.24, 2.45) is 11.3 Å². The van der Waals surface area contributed by atoms with Gasteiger partial charge in [0.25, 0.3) is 0 Å². The number of hydrogen-bond donors (Lipinski definition) is 2. The first kappa shape index (κ1) is 22.5. The van der Waals surface area contributed by atoms with E-state index in [1.807, 2.05) is 32.9 Å². The summed E-state index contributed by atoms with van der Waals surface area (Å²) >= 11 is 1.02. The number of likely N-dealkylation sites (N-methyl/N-ethyl adjacent to an activating group) is 1. The Morgan fingerprint density at radius 1 is 1.33 bits per heavy atom. The molecule has 8 nitrogen and oxygen atoms in total. The first-order valence-corrected chi connectivity index (χ1v) is 9.35. The number of thioether (sulfide) groups is 1. The first-order valence-electron chi connectivity index (χ1n) is 8.36. The van der Waals surface area contributed by atoms with Gasteiger partial charge in [0.15, 0.2) is 0 Å². The van der Waals surface area contributed by atoms with Crippen LogP contribution in [0.2, 0.25) is 0 Å². The Labute approximate surface area is 164 Å². The SMILES string of the molecule is CN(CC(=O)NC(C)(C)C)C(=O)CSC1=C(C#N)C(C)(C)[C@H](C#N)C(=O)N1. The lowest BCUT2D eigenvalue weighted by atomic mass is 9.72. The molecule has 27 heavy (non-hydrogen) atoms. The fourth-order valence-electron chi connectivity index (χ4n) is 2.54. The molecule has 1 rings (SSSR count). The molecule has 9 heteroatoms. The molecule has 0 saturated carbocycles. The third-order valence-corrected chi connectivity index (χ3v) is 4.98. The minimum Gasteiger partial charge on any atom is -0.350 e. The Bertz CT molecular complexity index is 752. The third-order valence-electron chi connectivity index (χ3n) is 3.99. The minimum atomic E-state index is -0.976. The quantitative estimate of drug-likeness (QED) is 0.723. The topological polar surface area (TPSA) is 126 Å². The molecule has 0 aromatic carbocycles. The Hall–Kier alpha value is -2.52. The molecular weight excluding hydrogens is 366 g/mol. The van der Waals surface area contributed by atoms with Crippen molar-refractivity contribution in [2.75, 3.05) is 19.3 Å². The van der Waals surface area contributed by atoms with Gasteiger partial charge in [-0.1, -0.05) is 25.6 Å². The van der Waals surface area contributed by atoms with Crippen molar-refractivity contribution in [2.45, 2.75) is 40.2 Å². The van der Waals surface area contributed by atoms with Crippen LogP contribution in [0.5, 0.6) is 0 Å². The smallest absolute Gasteiger partial charge is 0.243 e. The van der Waals surface area contributed by atoms with E-state index in [0.717, 1.165) is 11.8 Å². The van der Waals surface area contributed by atoms with Crippen molar-refractivity contribution in [1.29, 1.82) is 10.5 Å². The summed E-state index contributed by atoms with van der Waals surface area (Å²) in [6.45, 7) is 8.77. The van der Waals surface area contributed by atoms with Crippen molar-refractivity contribution in [1.82, 2.24) is 15.5 Å². The highest BCUT2D eigenvalue weighted by atomic mass is 32.2. The molecule has 0 fully saturated rings. The summed E-state index contributed by atoms with van der Waals surface area (Å²) in [6.07, 6.45) is 0. The molecule has 0 unspecified atom stereocenters. The van der Waals surface area contributed by atoms with Crippen molar-refractivity contribution in [3.63, 3.8) is 0 Å². The summed E-state index contributed by atoms with van der Waals surface area (Å²) < 4.78 is 0. The average Bonchev–Trinajstić information content (AvgIpc) is 2.49. The minimum absolute atomic E-state index is 0.0482. The highest BCUT2D eigenvalue weighted by Crippen LogP contribution is 2.41. The average molecular weight is 391 g/mol. The molecule has 1 atom stereocenters. The summed E-state index contributed by atoms with van der Waals surface area (Å²) in [5.41, 5.74) is -1.08.